The molecule has 0 saturated heterocycles. The van der Waals surface area contributed by atoms with Gasteiger partial charge >= 0.3 is 7.75 Å². The van der Waals surface area contributed by atoms with Gasteiger partial charge in [0.1, 0.15) is 0 Å². The summed E-state index contributed by atoms with van der Waals surface area (Å²) in [6, 6.07) is 0. The normalized spacial score (nSPS) is 12.9. The van der Waals surface area contributed by atoms with Gasteiger partial charge in [0, 0.05) is 0 Å². The lowest BCUT2D eigenvalue weighted by Gasteiger charge is -2.42. The van der Waals surface area contributed by atoms with Crippen molar-refractivity contribution in [3.05, 3.63) is 0 Å². The maximum absolute atomic E-state index is 11.8. The van der Waals surface area contributed by atoms with Crippen molar-refractivity contribution in [3.8, 4) is 0 Å². The molecule has 20 heavy (non-hydrogen) atoms. The molecule has 10 heteroatoms. The minimum absolute atomic E-state index is 0.803. The number of nitrogens with two attached hydrogens (primary N) is 1. The molecule has 0 amide bonds. The summed E-state index contributed by atoms with van der Waals surface area (Å²) in [7, 11) is -5.15. The van der Waals surface area contributed by atoms with Crippen LogP contribution in [-0.2, 0) is 23.7 Å². The molecule has 0 aliphatic rings. The van der Waals surface area contributed by atoms with Crippen molar-refractivity contribution < 1.29 is 33.5 Å². The number of Topliss-reactive ketones (excluding diaryl/α,β-unsaturated/α-hetero) is 4. The summed E-state index contributed by atoms with van der Waals surface area (Å²) in [5, 5.41) is 1.47. The summed E-state index contributed by atoms with van der Waals surface area (Å²) in [5.41, 5.74) is 0.0792. The molecule has 0 saturated carbocycles. The number of rotatable bonds is 7. The monoisotopic (exact) mass is 308 g/mol. The fraction of sp³-hybridized carbons (Fsp3) is 0.600. The lowest BCUT2D eigenvalue weighted by Crippen LogP contribution is -2.79. The third-order valence-electron chi connectivity index (χ3n) is 3.07. The van der Waals surface area contributed by atoms with E-state index >= 15 is 0 Å². The van der Waals surface area contributed by atoms with Crippen LogP contribution in [0, 0.1) is 0 Å². The van der Waals surface area contributed by atoms with E-state index in [-0.39, 0.29) is 0 Å². The molecule has 0 spiro atoms. The number of carbonyl (C=O) groups excluding carboxylic acids is 4. The predicted octanol–water partition coefficient (Wildman–Crippen LogP) is -1.54. The number of hydrogen-bond acceptors (Lipinski definition) is 6. The molecule has 5 N–H and O–H groups in total. The largest absolute Gasteiger partial charge is 0.401 e. The first kappa shape index (κ1) is 18.8. The molecular weight excluding hydrogens is 291 g/mol. The molecule has 0 heterocycles. The second-order valence-electron chi connectivity index (χ2n) is 4.44. The molecule has 0 radical (unpaired) electrons. The summed E-state index contributed by atoms with van der Waals surface area (Å²) in [6.07, 6.45) is 0. The molecule has 0 unspecified atom stereocenters. The number of nitrogens with one attached hydrogen (secondary N) is 1. The van der Waals surface area contributed by atoms with Crippen molar-refractivity contribution in [2.45, 2.75) is 38.8 Å². The zero-order valence-corrected chi connectivity index (χ0v) is 12.4. The molecule has 0 bridgehead atoms. The van der Waals surface area contributed by atoms with E-state index in [2.05, 4.69) is 0 Å². The fourth-order valence-electron chi connectivity index (χ4n) is 2.04. The lowest BCUT2D eigenvalue weighted by atomic mass is 9.68. The van der Waals surface area contributed by atoms with E-state index in [4.69, 9.17) is 15.5 Å². The Morgan fingerprint density at radius 1 is 0.900 bits per heavy atom. The number of hydrogen-bond donors (Lipinski definition) is 4. The molecule has 114 valence electrons. The molecular formula is C10H17N2O7P. The van der Waals surface area contributed by atoms with Crippen LogP contribution in [-0.4, -0.2) is 44.0 Å². The van der Waals surface area contributed by atoms with Crippen LogP contribution in [0.4, 0.5) is 0 Å². The van der Waals surface area contributed by atoms with Crippen LogP contribution in [0.25, 0.3) is 0 Å². The van der Waals surface area contributed by atoms with Crippen LogP contribution in [0.15, 0.2) is 0 Å². The van der Waals surface area contributed by atoms with Crippen LogP contribution in [0.5, 0.6) is 0 Å². The van der Waals surface area contributed by atoms with Crippen LogP contribution in [0.2, 0.25) is 0 Å². The van der Waals surface area contributed by atoms with Crippen molar-refractivity contribution in [2.75, 3.05) is 0 Å². The van der Waals surface area contributed by atoms with Crippen LogP contribution >= 0.6 is 7.75 Å². The van der Waals surface area contributed by atoms with E-state index < -0.39 is 42.0 Å². The summed E-state index contributed by atoms with van der Waals surface area (Å²) in [4.78, 5) is 65.1. The molecule has 9 nitrogen and oxygen atoms in total. The topological polar surface area (TPSA) is 164 Å². The van der Waals surface area contributed by atoms with E-state index in [0.29, 0.717) is 0 Å². The average Bonchev–Trinajstić information content (AvgIpc) is 2.21. The van der Waals surface area contributed by atoms with Crippen LogP contribution in [0.3, 0.4) is 0 Å². The highest BCUT2D eigenvalue weighted by Crippen LogP contribution is 2.38. The van der Waals surface area contributed by atoms with Gasteiger partial charge in [-0.25, -0.2) is 4.57 Å². The first-order chi connectivity index (χ1) is 8.73. The molecule has 0 aliphatic carbocycles. The second-order valence-corrected chi connectivity index (χ2v) is 5.75. The Labute approximate surface area is 115 Å². The molecule has 0 rings (SSSR count). The van der Waals surface area contributed by atoms with Crippen LogP contribution < -0.4 is 10.8 Å². The maximum atomic E-state index is 11.8. The Morgan fingerprint density at radius 3 is 1.35 bits per heavy atom. The molecule has 0 fully saturated rings. The Morgan fingerprint density at radius 2 is 1.20 bits per heavy atom. The third kappa shape index (κ3) is 2.92. The van der Waals surface area contributed by atoms with E-state index in [1.807, 2.05) is 0 Å². The first-order valence-corrected chi connectivity index (χ1v) is 7.02. The molecule has 0 aromatic heterocycles. The van der Waals surface area contributed by atoms with E-state index in [9.17, 15) is 23.7 Å². The minimum Gasteiger partial charge on any atom is -0.313 e. The zero-order valence-electron chi connectivity index (χ0n) is 11.5. The van der Waals surface area contributed by atoms with Gasteiger partial charge in [-0.2, -0.15) is 5.09 Å². The van der Waals surface area contributed by atoms with Crippen molar-refractivity contribution in [1.82, 2.24) is 5.09 Å². The van der Waals surface area contributed by atoms with Gasteiger partial charge in [-0.05, 0) is 27.7 Å². The highest BCUT2D eigenvalue weighted by atomic mass is 31.2. The van der Waals surface area contributed by atoms with Gasteiger partial charge in [-0.1, -0.05) is 0 Å². The molecule has 0 aromatic rings. The fourth-order valence-corrected chi connectivity index (χ4v) is 2.97. The Balaban J connectivity index is 6.60. The van der Waals surface area contributed by atoms with Gasteiger partial charge in [0.2, 0.25) is 0 Å². The van der Waals surface area contributed by atoms with Gasteiger partial charge in [0.25, 0.3) is 0 Å². The SMILES string of the molecule is CC(=O)C(N)(C(C)=O)C(NP(=O)(O)O)(C(C)=O)C(C)=O. The Hall–Kier alpha value is -1.25. The van der Waals surface area contributed by atoms with E-state index in [1.165, 1.54) is 5.09 Å². The van der Waals surface area contributed by atoms with Crippen LogP contribution in [0.1, 0.15) is 27.7 Å². The Bertz CT molecular complexity index is 494. The zero-order chi connectivity index (χ0) is 16.5. The molecule has 0 atom stereocenters. The standard InChI is InChI=1S/C10H17N2O7P/c1-5(13)9(11,6(2)14)10(7(3)15,8(4)16)12-20(17,18)19/h11H2,1-4H3,(H3,12,17,18,19). The second kappa shape index (κ2) is 5.63. The quantitative estimate of drug-likeness (QED) is 0.322. The highest BCUT2D eigenvalue weighted by molar-refractivity contribution is 7.49. The number of ketones is 4. The van der Waals surface area contributed by atoms with Gasteiger partial charge in [-0.15, -0.1) is 0 Å². The van der Waals surface area contributed by atoms with Crippen molar-refractivity contribution in [1.29, 1.82) is 0 Å². The third-order valence-corrected chi connectivity index (χ3v) is 3.70. The van der Waals surface area contributed by atoms with Gasteiger partial charge in [-0.3, -0.25) is 19.2 Å². The highest BCUT2D eigenvalue weighted by Gasteiger charge is 2.64. The lowest BCUT2D eigenvalue weighted by molar-refractivity contribution is -0.148. The first-order valence-electron chi connectivity index (χ1n) is 5.41. The van der Waals surface area contributed by atoms with Crippen molar-refractivity contribution >= 4 is 30.9 Å². The smallest absolute Gasteiger partial charge is 0.313 e. The van der Waals surface area contributed by atoms with Crippen molar-refractivity contribution in [3.63, 3.8) is 0 Å². The summed E-state index contributed by atoms with van der Waals surface area (Å²) < 4.78 is 11.1. The van der Waals surface area contributed by atoms with Crippen molar-refractivity contribution in [2.24, 2.45) is 5.73 Å². The van der Waals surface area contributed by atoms with Gasteiger partial charge < -0.3 is 15.5 Å². The predicted molar refractivity (Wildman–Crippen MR) is 67.6 cm³/mol. The van der Waals surface area contributed by atoms with E-state index in [1.54, 1.807) is 0 Å². The summed E-state index contributed by atoms with van der Waals surface area (Å²) in [6.45, 7) is 3.31. The summed E-state index contributed by atoms with van der Waals surface area (Å²) in [5.74, 6) is -4.45. The Kier molecular flexibility index (Phi) is 5.28. The average molecular weight is 308 g/mol. The summed E-state index contributed by atoms with van der Waals surface area (Å²) >= 11 is 0. The minimum atomic E-state index is -5.15. The number of carbonyl (C=O) groups is 4. The maximum Gasteiger partial charge on any atom is 0.401 e. The van der Waals surface area contributed by atoms with Gasteiger partial charge in [0.15, 0.2) is 34.2 Å². The van der Waals surface area contributed by atoms with E-state index in [0.717, 1.165) is 27.7 Å². The van der Waals surface area contributed by atoms with Gasteiger partial charge in [0.05, 0.1) is 0 Å². The molecule has 0 aliphatic heterocycles. The molecule has 0 aromatic carbocycles.